The number of aromatic nitrogens is 4. The van der Waals surface area contributed by atoms with Gasteiger partial charge in [0.15, 0.2) is 0 Å². The summed E-state index contributed by atoms with van der Waals surface area (Å²) in [5.41, 5.74) is 21.7. The highest BCUT2D eigenvalue weighted by Gasteiger charge is 2.52. The molecule has 1 aliphatic heterocycles. The van der Waals surface area contributed by atoms with Gasteiger partial charge in [-0.25, -0.2) is 0 Å². The van der Waals surface area contributed by atoms with E-state index in [1.807, 2.05) is 66.7 Å². The number of benzene rings is 14. The molecule has 5 heterocycles. The van der Waals surface area contributed by atoms with E-state index in [1.54, 1.807) is 0 Å². The molecule has 0 amide bonds. The molecule has 0 N–H and O–H groups in total. The van der Waals surface area contributed by atoms with E-state index in [0.29, 0.717) is 11.1 Å². The number of halogens is 1. The van der Waals surface area contributed by atoms with Crippen LogP contribution >= 0.6 is 15.9 Å². The predicted molar refractivity (Wildman–Crippen MR) is 426 cm³/mol. The highest BCUT2D eigenvalue weighted by Crippen LogP contribution is 2.42. The topological polar surface area (TPSA) is 85.8 Å². The van der Waals surface area contributed by atoms with E-state index in [9.17, 15) is 5.26 Å². The number of hydrogen-bond acceptors (Lipinski definition) is 4. The van der Waals surface area contributed by atoms with Gasteiger partial charge < -0.3 is 27.6 Å². The quantitative estimate of drug-likeness (QED) is 0.142. The van der Waals surface area contributed by atoms with E-state index >= 15 is 0 Å². The largest absolute Gasteiger partial charge is 0.494 e. The van der Waals surface area contributed by atoms with Crippen LogP contribution in [0.1, 0.15) is 38.8 Å². The molecule has 0 spiro atoms. The summed E-state index contributed by atoms with van der Waals surface area (Å²) in [6.07, 6.45) is 0. The van der Waals surface area contributed by atoms with Crippen LogP contribution in [-0.2, 0) is 9.31 Å². The zero-order valence-electron chi connectivity index (χ0n) is 56.6. The highest BCUT2D eigenvalue weighted by molar-refractivity contribution is 9.10. The molecule has 10 heteroatoms. The summed E-state index contributed by atoms with van der Waals surface area (Å²) in [6.45, 7) is 8.44. The van der Waals surface area contributed by atoms with Crippen molar-refractivity contribution >= 4 is 116 Å². The second-order valence-electron chi connectivity index (χ2n) is 27.1. The van der Waals surface area contributed by atoms with Crippen LogP contribution < -0.4 is 5.46 Å². The Bertz CT molecular complexity index is 5940. The first-order valence-corrected chi connectivity index (χ1v) is 35.1. The van der Waals surface area contributed by atoms with Crippen LogP contribution in [0.15, 0.2) is 332 Å². The number of nitriles is 2. The van der Waals surface area contributed by atoms with E-state index in [2.05, 4.69) is 335 Å². The molecule has 486 valence electrons. The highest BCUT2D eigenvalue weighted by atomic mass is 79.9. The number of rotatable bonds is 8. The molecule has 1 saturated heterocycles. The minimum absolute atomic E-state index is 0.437. The van der Waals surface area contributed by atoms with Crippen LogP contribution in [0, 0.1) is 22.7 Å². The van der Waals surface area contributed by atoms with Crippen molar-refractivity contribution in [3.63, 3.8) is 0 Å². The Balaban J connectivity index is 0.000000127. The van der Waals surface area contributed by atoms with Gasteiger partial charge in [-0.15, -0.1) is 0 Å². The molecule has 1 fully saturated rings. The molecule has 8 nitrogen and oxygen atoms in total. The van der Waals surface area contributed by atoms with Crippen molar-refractivity contribution in [2.24, 2.45) is 0 Å². The molecule has 1 aliphatic rings. The Morgan fingerprint density at radius 2 is 0.529 bits per heavy atom. The van der Waals surface area contributed by atoms with Crippen LogP contribution in [0.3, 0.4) is 0 Å². The third-order valence-corrected chi connectivity index (χ3v) is 20.9. The first-order chi connectivity index (χ1) is 49.9. The van der Waals surface area contributed by atoms with Gasteiger partial charge in [0.2, 0.25) is 0 Å². The lowest BCUT2D eigenvalue weighted by Crippen LogP contribution is -2.41. The molecule has 14 aromatic carbocycles. The van der Waals surface area contributed by atoms with Gasteiger partial charge in [0.05, 0.1) is 78.6 Å². The van der Waals surface area contributed by atoms with Gasteiger partial charge in [0.25, 0.3) is 0 Å². The first kappa shape index (κ1) is 63.2. The fraction of sp³-hybridized carbons (Fsp3) is 0.0652. The van der Waals surface area contributed by atoms with Crippen molar-refractivity contribution in [2.75, 3.05) is 0 Å². The first-order valence-electron chi connectivity index (χ1n) is 34.4. The maximum atomic E-state index is 9.53. The Hall–Kier alpha value is -12.3. The normalized spacial score (nSPS) is 13.2. The van der Waals surface area contributed by atoms with Gasteiger partial charge >= 0.3 is 7.12 Å². The molecular formula is C92H66BBrN6O2. The molecule has 0 bridgehead atoms. The molecule has 4 aromatic heterocycles. The van der Waals surface area contributed by atoms with Gasteiger partial charge in [-0.05, 0) is 194 Å². The van der Waals surface area contributed by atoms with Crippen LogP contribution in [0.25, 0.3) is 143 Å². The Morgan fingerprint density at radius 3 is 0.833 bits per heavy atom. The zero-order chi connectivity index (χ0) is 69.2. The second-order valence-corrected chi connectivity index (χ2v) is 28.0. The Kier molecular flexibility index (Phi) is 16.0. The van der Waals surface area contributed by atoms with Crippen LogP contribution in [0.4, 0.5) is 0 Å². The maximum absolute atomic E-state index is 9.53. The predicted octanol–water partition coefficient (Wildman–Crippen LogP) is 23.3. The van der Waals surface area contributed by atoms with Gasteiger partial charge in [-0.2, -0.15) is 10.5 Å². The summed E-state index contributed by atoms with van der Waals surface area (Å²) in [4.78, 5) is 0. The number of para-hydroxylation sites is 8. The monoisotopic (exact) mass is 1380 g/mol. The number of nitrogens with zero attached hydrogens (tertiary/aromatic N) is 6. The van der Waals surface area contributed by atoms with E-state index in [-0.39, 0.29) is 0 Å². The molecule has 0 saturated carbocycles. The smallest absolute Gasteiger partial charge is 0.399 e. The van der Waals surface area contributed by atoms with Crippen molar-refractivity contribution < 1.29 is 9.31 Å². The van der Waals surface area contributed by atoms with E-state index in [1.165, 1.54) is 87.2 Å². The summed E-state index contributed by atoms with van der Waals surface area (Å²) in [6, 6.07) is 119. The lowest BCUT2D eigenvalue weighted by Gasteiger charge is -2.32. The standard InChI is InChI=1S/C43H27N3.C36H31BN2O2.C13H8BrN/c44-28-29-11-9-12-30(23-29)31-13-10-14-32(24-31)33-25-34(45-40-19-5-1-15-36(40)37-16-2-6-20-41(37)45)27-35(26-33)46-42-21-7-3-17-38(42)39-18-4-8-22-43(39)46;1-35(2)36(3,4)41-37(40-35)24-21-25(38-31-17-9-5-13-27(31)28-14-6-10-18-32(28)38)23-26(22-24)39-33-19-11-7-15-29(33)30-16-8-12-20-34(30)39;14-13-6-2-5-12(8-13)11-4-1-3-10(7-11)9-15/h1-27H;5-23H,1-4H3;1-8H. The van der Waals surface area contributed by atoms with E-state index in [4.69, 9.17) is 14.6 Å². The maximum Gasteiger partial charge on any atom is 0.494 e. The second kappa shape index (κ2) is 25.8. The van der Waals surface area contributed by atoms with E-state index < -0.39 is 18.3 Å². The van der Waals surface area contributed by atoms with Crippen LogP contribution in [-0.4, -0.2) is 36.6 Å². The van der Waals surface area contributed by atoms with Gasteiger partial charge in [-0.1, -0.05) is 216 Å². The minimum atomic E-state index is -0.486. The molecular weight excluding hydrogens is 1310 g/mol. The van der Waals surface area contributed by atoms with Crippen LogP contribution in [0.2, 0.25) is 0 Å². The number of fused-ring (bicyclic) bond motifs is 12. The Morgan fingerprint density at radius 1 is 0.275 bits per heavy atom. The Labute approximate surface area is 600 Å². The summed E-state index contributed by atoms with van der Waals surface area (Å²) in [5.74, 6) is 0. The van der Waals surface area contributed by atoms with Crippen molar-refractivity contribution in [1.82, 2.24) is 18.3 Å². The molecule has 0 radical (unpaired) electrons. The van der Waals surface area contributed by atoms with Gasteiger partial charge in [-0.3, -0.25) is 0 Å². The third kappa shape index (κ3) is 11.2. The summed E-state index contributed by atoms with van der Waals surface area (Å²) in [7, 11) is -0.486. The van der Waals surface area contributed by atoms with Crippen LogP contribution in [0.5, 0.6) is 0 Å². The molecule has 18 aromatic rings. The lowest BCUT2D eigenvalue weighted by atomic mass is 9.78. The zero-order valence-corrected chi connectivity index (χ0v) is 58.2. The average Bonchev–Trinajstić information content (AvgIpc) is 1.58. The lowest BCUT2D eigenvalue weighted by molar-refractivity contribution is 0.00578. The van der Waals surface area contributed by atoms with E-state index in [0.717, 1.165) is 66.1 Å². The van der Waals surface area contributed by atoms with Crippen molar-refractivity contribution in [1.29, 1.82) is 10.5 Å². The SMILES string of the molecule is CC1(C)OB(c2cc(-n3c4ccccc4c4ccccc43)cc(-n3c4ccccc4c4ccccc43)c2)OC1(C)C.N#Cc1cccc(-c2cccc(-c3cc(-n4c5ccccc5c5ccccc54)cc(-n4c5ccccc5c5ccccc54)c3)c2)c1.N#Cc1cccc(-c2cccc(Br)c2)c1. The van der Waals surface area contributed by atoms with Crippen molar-refractivity contribution in [3.8, 4) is 68.3 Å². The van der Waals surface area contributed by atoms with Gasteiger partial charge in [0.1, 0.15) is 0 Å². The fourth-order valence-electron chi connectivity index (χ4n) is 14.9. The fourth-order valence-corrected chi connectivity index (χ4v) is 15.3. The molecule has 0 unspecified atom stereocenters. The summed E-state index contributed by atoms with van der Waals surface area (Å²) < 4.78 is 23.8. The summed E-state index contributed by atoms with van der Waals surface area (Å²) >= 11 is 3.43. The molecule has 0 aliphatic carbocycles. The number of hydrogen-bond donors (Lipinski definition) is 0. The average molecular weight is 1380 g/mol. The van der Waals surface area contributed by atoms with Gasteiger partial charge in [0, 0.05) is 70.3 Å². The third-order valence-electron chi connectivity index (χ3n) is 20.4. The molecule has 19 rings (SSSR count). The molecule has 0 atom stereocenters. The van der Waals surface area contributed by atoms with Crippen molar-refractivity contribution in [3.05, 3.63) is 343 Å². The minimum Gasteiger partial charge on any atom is -0.399 e. The molecule has 102 heavy (non-hydrogen) atoms. The summed E-state index contributed by atoms with van der Waals surface area (Å²) in [5, 5.41) is 28.2. The van der Waals surface area contributed by atoms with Crippen molar-refractivity contribution in [2.45, 2.75) is 38.9 Å².